The molecule has 9 heteroatoms. The molecule has 1 atom stereocenters. The molecule has 0 radical (unpaired) electrons. The van der Waals surface area contributed by atoms with Crippen LogP contribution in [0.1, 0.15) is 22.8 Å². The number of aryl methyl sites for hydroxylation is 2. The van der Waals surface area contributed by atoms with Gasteiger partial charge in [-0.2, -0.15) is 0 Å². The zero-order valence-corrected chi connectivity index (χ0v) is 13.8. The summed E-state index contributed by atoms with van der Waals surface area (Å²) in [5.41, 5.74) is -1.12. The van der Waals surface area contributed by atoms with Gasteiger partial charge in [-0.05, 0) is 32.0 Å². The van der Waals surface area contributed by atoms with Crippen molar-refractivity contribution < 1.29 is 26.9 Å². The van der Waals surface area contributed by atoms with Crippen LogP contribution in [0.3, 0.4) is 0 Å². The van der Waals surface area contributed by atoms with Crippen molar-refractivity contribution in [1.29, 1.82) is 0 Å². The van der Waals surface area contributed by atoms with Crippen molar-refractivity contribution in [1.82, 2.24) is 9.88 Å². The van der Waals surface area contributed by atoms with Crippen LogP contribution in [0.2, 0.25) is 0 Å². The largest absolute Gasteiger partial charge is 0.472 e. The maximum Gasteiger partial charge on any atom is 0.246 e. The van der Waals surface area contributed by atoms with E-state index in [0.29, 0.717) is 5.56 Å². The number of hydrogen-bond acceptors (Lipinski definition) is 7. The van der Waals surface area contributed by atoms with Gasteiger partial charge in [0.1, 0.15) is 16.3 Å². The lowest BCUT2D eigenvalue weighted by Crippen LogP contribution is -2.41. The van der Waals surface area contributed by atoms with Crippen molar-refractivity contribution >= 4 is 10.0 Å². The van der Waals surface area contributed by atoms with E-state index in [4.69, 9.17) is 13.4 Å². The Balaban J connectivity index is 1.93. The number of aromatic nitrogens is 1. The molecule has 24 heavy (non-hydrogen) atoms. The van der Waals surface area contributed by atoms with E-state index >= 15 is 0 Å². The Morgan fingerprint density at radius 1 is 1.29 bits per heavy atom. The van der Waals surface area contributed by atoms with E-state index in [2.05, 4.69) is 9.88 Å². The summed E-state index contributed by atoms with van der Waals surface area (Å²) in [5.74, 6) is 0.357. The monoisotopic (exact) mass is 352 g/mol. The highest BCUT2D eigenvalue weighted by Gasteiger charge is 2.38. The first-order chi connectivity index (χ1) is 11.3. The molecule has 0 aliphatic heterocycles. The molecule has 0 amide bonds. The van der Waals surface area contributed by atoms with E-state index in [1.807, 2.05) is 0 Å². The molecule has 2 N–H and O–H groups in total. The fourth-order valence-corrected chi connectivity index (χ4v) is 3.86. The predicted molar refractivity (Wildman–Crippen MR) is 81.6 cm³/mol. The molecule has 128 valence electrons. The van der Waals surface area contributed by atoms with E-state index in [-0.39, 0.29) is 28.7 Å². The van der Waals surface area contributed by atoms with Gasteiger partial charge in [0.2, 0.25) is 10.0 Å². The van der Waals surface area contributed by atoms with E-state index < -0.39 is 15.6 Å². The minimum atomic E-state index is -3.93. The van der Waals surface area contributed by atoms with Crippen LogP contribution >= 0.6 is 0 Å². The molecular formula is C15H16N2O6S. The van der Waals surface area contributed by atoms with Crippen LogP contribution in [-0.4, -0.2) is 25.2 Å². The number of sulfonamides is 1. The van der Waals surface area contributed by atoms with Gasteiger partial charge in [-0.3, -0.25) is 0 Å². The summed E-state index contributed by atoms with van der Waals surface area (Å²) in [6.45, 7) is 2.68. The maximum absolute atomic E-state index is 12.5. The molecule has 0 spiro atoms. The second-order valence-electron chi connectivity index (χ2n) is 5.33. The minimum Gasteiger partial charge on any atom is -0.472 e. The molecule has 0 bridgehead atoms. The van der Waals surface area contributed by atoms with Crippen LogP contribution in [0.4, 0.5) is 0 Å². The van der Waals surface area contributed by atoms with Crippen LogP contribution in [0, 0.1) is 13.8 Å². The molecule has 3 aromatic heterocycles. The normalized spacial score (nSPS) is 14.6. The molecule has 0 aliphatic carbocycles. The number of nitrogens with zero attached hydrogens (tertiary/aromatic N) is 1. The van der Waals surface area contributed by atoms with Gasteiger partial charge < -0.3 is 18.5 Å². The summed E-state index contributed by atoms with van der Waals surface area (Å²) in [4.78, 5) is -0.0449. The molecule has 8 nitrogen and oxygen atoms in total. The molecule has 0 saturated carbocycles. The van der Waals surface area contributed by atoms with E-state index in [1.165, 1.54) is 38.7 Å². The molecule has 1 unspecified atom stereocenters. The van der Waals surface area contributed by atoms with E-state index in [9.17, 15) is 13.5 Å². The third-order valence-electron chi connectivity index (χ3n) is 3.68. The number of hydrogen-bond donors (Lipinski definition) is 2. The Morgan fingerprint density at radius 2 is 2.08 bits per heavy atom. The minimum absolute atomic E-state index is 0.0449. The van der Waals surface area contributed by atoms with Gasteiger partial charge in [0.25, 0.3) is 0 Å². The van der Waals surface area contributed by atoms with Crippen molar-refractivity contribution in [3.05, 3.63) is 59.8 Å². The van der Waals surface area contributed by atoms with Gasteiger partial charge in [-0.25, -0.2) is 13.1 Å². The topological polar surface area (TPSA) is 119 Å². The fourth-order valence-electron chi connectivity index (χ4n) is 2.48. The van der Waals surface area contributed by atoms with E-state index in [0.717, 1.165) is 0 Å². The second kappa shape index (κ2) is 5.93. The quantitative estimate of drug-likeness (QED) is 0.693. The molecule has 3 aromatic rings. The van der Waals surface area contributed by atoms with Crippen molar-refractivity contribution in [2.24, 2.45) is 0 Å². The molecule has 0 fully saturated rings. The third kappa shape index (κ3) is 2.77. The van der Waals surface area contributed by atoms with Gasteiger partial charge in [0.15, 0.2) is 11.4 Å². The SMILES string of the molecule is Cc1noc(C)c1S(=O)(=O)NCC(O)(c1ccoc1)c1ccco1. The molecule has 0 aromatic carbocycles. The van der Waals surface area contributed by atoms with Gasteiger partial charge >= 0.3 is 0 Å². The number of nitrogens with one attached hydrogen (secondary N) is 1. The van der Waals surface area contributed by atoms with Crippen molar-refractivity contribution in [3.8, 4) is 0 Å². The van der Waals surface area contributed by atoms with Crippen LogP contribution in [-0.2, 0) is 15.6 Å². The third-order valence-corrected chi connectivity index (χ3v) is 5.33. The molecule has 3 heterocycles. The van der Waals surface area contributed by atoms with Crippen molar-refractivity contribution in [2.45, 2.75) is 24.3 Å². The lowest BCUT2D eigenvalue weighted by atomic mass is 9.94. The standard InChI is InChI=1S/C15H16N2O6S/c1-10-14(11(2)23-17-10)24(19,20)16-9-15(18,12-5-7-21-8-12)13-4-3-6-22-13/h3-8,16,18H,9H2,1-2H3. The zero-order chi connectivity index (χ0) is 17.4. The summed E-state index contributed by atoms with van der Waals surface area (Å²) < 4.78 is 42.6. The second-order valence-corrected chi connectivity index (χ2v) is 7.03. The summed E-state index contributed by atoms with van der Waals surface area (Å²) in [6, 6.07) is 4.69. The highest BCUT2D eigenvalue weighted by molar-refractivity contribution is 7.89. The Labute approximate surface area is 138 Å². The lowest BCUT2D eigenvalue weighted by molar-refractivity contribution is 0.0613. The van der Waals surface area contributed by atoms with Crippen molar-refractivity contribution in [3.63, 3.8) is 0 Å². The fraction of sp³-hybridized carbons (Fsp3) is 0.267. The van der Waals surface area contributed by atoms with Crippen LogP contribution in [0.5, 0.6) is 0 Å². The van der Waals surface area contributed by atoms with Gasteiger partial charge in [0.05, 0.1) is 25.3 Å². The van der Waals surface area contributed by atoms with E-state index in [1.54, 1.807) is 12.1 Å². The van der Waals surface area contributed by atoms with Crippen LogP contribution in [0.25, 0.3) is 0 Å². The van der Waals surface area contributed by atoms with Gasteiger partial charge in [-0.1, -0.05) is 5.16 Å². The zero-order valence-electron chi connectivity index (χ0n) is 13.0. The summed E-state index contributed by atoms with van der Waals surface area (Å²) in [5, 5.41) is 14.6. The average Bonchev–Trinajstić information content (AvgIpc) is 3.27. The average molecular weight is 352 g/mol. The molecule has 0 saturated heterocycles. The summed E-state index contributed by atoms with van der Waals surface area (Å²) >= 11 is 0. The van der Waals surface area contributed by atoms with Crippen LogP contribution in [0.15, 0.2) is 55.2 Å². The predicted octanol–water partition coefficient (Wildman–Crippen LogP) is 1.69. The summed E-state index contributed by atoms with van der Waals surface area (Å²) in [6.07, 6.45) is 4.10. The Hall–Kier alpha value is -2.36. The highest BCUT2D eigenvalue weighted by atomic mass is 32.2. The highest BCUT2D eigenvalue weighted by Crippen LogP contribution is 2.30. The van der Waals surface area contributed by atoms with Crippen LogP contribution < -0.4 is 4.72 Å². The Kier molecular flexibility index (Phi) is 4.08. The van der Waals surface area contributed by atoms with Gasteiger partial charge in [0, 0.05) is 5.56 Å². The number of aliphatic hydroxyl groups is 1. The first-order valence-corrected chi connectivity index (χ1v) is 8.54. The lowest BCUT2D eigenvalue weighted by Gasteiger charge is -2.25. The molecule has 3 rings (SSSR count). The maximum atomic E-state index is 12.5. The molecule has 0 aliphatic rings. The molecular weight excluding hydrogens is 336 g/mol. The Bertz CT molecular complexity index is 856. The van der Waals surface area contributed by atoms with Gasteiger partial charge in [-0.15, -0.1) is 0 Å². The summed E-state index contributed by atoms with van der Waals surface area (Å²) in [7, 11) is -3.93. The van der Waals surface area contributed by atoms with Crippen molar-refractivity contribution in [2.75, 3.05) is 6.54 Å². The first kappa shape index (κ1) is 16.5. The number of furan rings is 2. The smallest absolute Gasteiger partial charge is 0.246 e. The Morgan fingerprint density at radius 3 is 2.62 bits per heavy atom. The number of rotatable bonds is 6. The first-order valence-electron chi connectivity index (χ1n) is 7.06.